The van der Waals surface area contributed by atoms with Gasteiger partial charge in [-0.25, -0.2) is 9.78 Å². The monoisotopic (exact) mass is 314 g/mol. The van der Waals surface area contributed by atoms with Crippen LogP contribution >= 0.6 is 23.2 Å². The second-order valence-corrected chi connectivity index (χ2v) is 5.56. The minimum atomic E-state index is -0.143. The summed E-state index contributed by atoms with van der Waals surface area (Å²) in [6.45, 7) is 2.12. The number of carbonyl (C=O) groups is 2. The highest BCUT2D eigenvalue weighted by atomic mass is 35.5. The first-order valence-corrected chi connectivity index (χ1v) is 6.97. The Morgan fingerprint density at radius 1 is 1.30 bits per heavy atom. The summed E-state index contributed by atoms with van der Waals surface area (Å²) in [5, 5.41) is 3.16. The van der Waals surface area contributed by atoms with Crippen LogP contribution in [0.15, 0.2) is 12.1 Å². The van der Waals surface area contributed by atoms with Crippen molar-refractivity contribution in [1.29, 1.82) is 0 Å². The molecule has 0 radical (unpaired) electrons. The van der Waals surface area contributed by atoms with Gasteiger partial charge in [0.15, 0.2) is 0 Å². The van der Waals surface area contributed by atoms with E-state index in [1.807, 2.05) is 0 Å². The van der Waals surface area contributed by atoms with Gasteiger partial charge < -0.3 is 15.1 Å². The Kier molecular flexibility index (Phi) is 3.43. The second-order valence-electron chi connectivity index (χ2n) is 4.79. The Morgan fingerprint density at radius 2 is 2.00 bits per heavy atom. The molecule has 106 valence electrons. The number of nitrogens with zero attached hydrogens (tertiary/aromatic N) is 3. The number of urea groups is 1. The lowest BCUT2D eigenvalue weighted by atomic mass is 10.1. The van der Waals surface area contributed by atoms with Crippen LogP contribution in [-0.2, 0) is 0 Å². The fourth-order valence-corrected chi connectivity index (χ4v) is 3.02. The summed E-state index contributed by atoms with van der Waals surface area (Å²) in [7, 11) is 0. The summed E-state index contributed by atoms with van der Waals surface area (Å²) in [6.07, 6.45) is 0. The Balaban J connectivity index is 1.76. The minimum absolute atomic E-state index is 0.0352. The average molecular weight is 315 g/mol. The molecule has 1 aromatic rings. The summed E-state index contributed by atoms with van der Waals surface area (Å²) >= 11 is 11.6. The molecular weight excluding hydrogens is 303 g/mol. The largest absolute Gasteiger partial charge is 0.336 e. The SMILES string of the molecule is O=C(c1cc(Cl)nc(Cl)c1)N1CCN2C(=O)NCC2C1. The molecular formula is C12H12Cl2N4O2. The van der Waals surface area contributed by atoms with Crippen molar-refractivity contribution in [2.45, 2.75) is 6.04 Å². The first-order valence-electron chi connectivity index (χ1n) is 6.21. The number of halogens is 2. The molecule has 8 heteroatoms. The Morgan fingerprint density at radius 3 is 2.70 bits per heavy atom. The fourth-order valence-electron chi connectivity index (χ4n) is 2.56. The van der Waals surface area contributed by atoms with E-state index in [9.17, 15) is 9.59 Å². The van der Waals surface area contributed by atoms with Crippen LogP contribution in [0.5, 0.6) is 0 Å². The van der Waals surface area contributed by atoms with Gasteiger partial charge in [0.1, 0.15) is 10.3 Å². The number of piperazine rings is 1. The lowest BCUT2D eigenvalue weighted by molar-refractivity contribution is 0.0617. The molecule has 3 rings (SSSR count). The number of amides is 3. The minimum Gasteiger partial charge on any atom is -0.336 e. The number of pyridine rings is 1. The number of nitrogens with one attached hydrogen (secondary N) is 1. The van der Waals surface area contributed by atoms with Crippen molar-refractivity contribution in [3.05, 3.63) is 28.0 Å². The van der Waals surface area contributed by atoms with E-state index in [1.165, 1.54) is 12.1 Å². The molecule has 6 nitrogen and oxygen atoms in total. The summed E-state index contributed by atoms with van der Waals surface area (Å²) in [4.78, 5) is 31.2. The summed E-state index contributed by atoms with van der Waals surface area (Å²) in [6, 6.07) is 2.98. The van der Waals surface area contributed by atoms with Crippen molar-refractivity contribution >= 4 is 35.1 Å². The quantitative estimate of drug-likeness (QED) is 0.793. The van der Waals surface area contributed by atoms with Gasteiger partial charge in [-0.2, -0.15) is 0 Å². The molecule has 0 saturated carbocycles. The van der Waals surface area contributed by atoms with Gasteiger partial charge in [0.05, 0.1) is 6.04 Å². The van der Waals surface area contributed by atoms with Gasteiger partial charge in [-0.1, -0.05) is 23.2 Å². The molecule has 1 aromatic heterocycles. The summed E-state index contributed by atoms with van der Waals surface area (Å²) in [5.74, 6) is -0.143. The second kappa shape index (κ2) is 5.10. The lowest BCUT2D eigenvalue weighted by Gasteiger charge is -2.36. The van der Waals surface area contributed by atoms with Crippen LogP contribution in [-0.4, -0.2) is 58.9 Å². The van der Waals surface area contributed by atoms with Crippen LogP contribution in [0.25, 0.3) is 0 Å². The van der Waals surface area contributed by atoms with E-state index in [0.717, 1.165) is 0 Å². The lowest BCUT2D eigenvalue weighted by Crippen LogP contribution is -2.53. The summed E-state index contributed by atoms with van der Waals surface area (Å²) in [5.41, 5.74) is 0.417. The number of aromatic nitrogens is 1. The predicted molar refractivity (Wildman–Crippen MR) is 74.1 cm³/mol. The van der Waals surface area contributed by atoms with Crippen molar-refractivity contribution in [3.8, 4) is 0 Å². The fraction of sp³-hybridized carbons (Fsp3) is 0.417. The van der Waals surface area contributed by atoms with Crippen molar-refractivity contribution in [2.24, 2.45) is 0 Å². The standard InChI is InChI=1S/C12H12Cl2N4O2/c13-9-3-7(4-10(14)16-9)11(19)17-1-2-18-8(6-17)5-15-12(18)20/h3-4,8H,1-2,5-6H2,(H,15,20). The molecule has 1 atom stereocenters. The van der Waals surface area contributed by atoms with Crippen LogP contribution in [0.3, 0.4) is 0 Å². The maximum Gasteiger partial charge on any atom is 0.317 e. The van der Waals surface area contributed by atoms with Gasteiger partial charge in [-0.3, -0.25) is 4.79 Å². The zero-order valence-electron chi connectivity index (χ0n) is 10.5. The highest BCUT2D eigenvalue weighted by molar-refractivity contribution is 6.33. The number of carbonyl (C=O) groups excluding carboxylic acids is 2. The number of fused-ring (bicyclic) bond motifs is 1. The van der Waals surface area contributed by atoms with E-state index in [4.69, 9.17) is 23.2 Å². The van der Waals surface area contributed by atoms with Crippen LogP contribution in [0.1, 0.15) is 10.4 Å². The number of hydrogen-bond acceptors (Lipinski definition) is 3. The molecule has 2 aliphatic heterocycles. The number of hydrogen-bond donors (Lipinski definition) is 1. The van der Waals surface area contributed by atoms with Gasteiger partial charge in [0, 0.05) is 31.7 Å². The molecule has 0 bridgehead atoms. The third-order valence-electron chi connectivity index (χ3n) is 3.53. The van der Waals surface area contributed by atoms with Gasteiger partial charge in [-0.15, -0.1) is 0 Å². The highest BCUT2D eigenvalue weighted by Gasteiger charge is 2.37. The zero-order chi connectivity index (χ0) is 14.3. The maximum atomic E-state index is 12.4. The Bertz CT molecular complexity index is 560. The average Bonchev–Trinajstić information content (AvgIpc) is 2.78. The van der Waals surface area contributed by atoms with Gasteiger partial charge >= 0.3 is 6.03 Å². The molecule has 2 saturated heterocycles. The Labute approximate surface area is 125 Å². The molecule has 2 aliphatic rings. The van der Waals surface area contributed by atoms with E-state index in [1.54, 1.807) is 9.80 Å². The molecule has 0 aliphatic carbocycles. The third kappa shape index (κ3) is 2.41. The first-order chi connectivity index (χ1) is 9.54. The van der Waals surface area contributed by atoms with Crippen LogP contribution in [0.2, 0.25) is 10.3 Å². The molecule has 2 fully saturated rings. The highest BCUT2D eigenvalue weighted by Crippen LogP contribution is 2.19. The molecule has 3 amide bonds. The first kappa shape index (κ1) is 13.5. The van der Waals surface area contributed by atoms with Crippen LogP contribution in [0, 0.1) is 0 Å². The van der Waals surface area contributed by atoms with Crippen molar-refractivity contribution in [1.82, 2.24) is 20.1 Å². The zero-order valence-corrected chi connectivity index (χ0v) is 12.0. The molecule has 20 heavy (non-hydrogen) atoms. The van der Waals surface area contributed by atoms with E-state index < -0.39 is 0 Å². The topological polar surface area (TPSA) is 65.5 Å². The molecule has 1 N–H and O–H groups in total. The van der Waals surface area contributed by atoms with Crippen molar-refractivity contribution in [3.63, 3.8) is 0 Å². The normalized spacial score (nSPS) is 21.7. The third-order valence-corrected chi connectivity index (χ3v) is 3.92. The number of rotatable bonds is 1. The van der Waals surface area contributed by atoms with Gasteiger partial charge in [0.2, 0.25) is 0 Å². The molecule has 1 unspecified atom stereocenters. The molecule has 0 spiro atoms. The Hall–Kier alpha value is -1.53. The molecule has 3 heterocycles. The predicted octanol–water partition coefficient (Wildman–Crippen LogP) is 1.24. The smallest absolute Gasteiger partial charge is 0.317 e. The van der Waals surface area contributed by atoms with Crippen molar-refractivity contribution < 1.29 is 9.59 Å². The summed E-state index contributed by atoms with van der Waals surface area (Å²) < 4.78 is 0. The van der Waals surface area contributed by atoms with Crippen LogP contribution in [0.4, 0.5) is 4.79 Å². The maximum absolute atomic E-state index is 12.4. The molecule has 0 aromatic carbocycles. The van der Waals surface area contributed by atoms with Gasteiger partial charge in [0.25, 0.3) is 5.91 Å². The van der Waals surface area contributed by atoms with E-state index in [-0.39, 0.29) is 28.3 Å². The van der Waals surface area contributed by atoms with Crippen molar-refractivity contribution in [2.75, 3.05) is 26.2 Å². The van der Waals surface area contributed by atoms with E-state index >= 15 is 0 Å². The van der Waals surface area contributed by atoms with E-state index in [2.05, 4.69) is 10.3 Å². The van der Waals surface area contributed by atoms with Crippen LogP contribution < -0.4 is 5.32 Å². The van der Waals surface area contributed by atoms with E-state index in [0.29, 0.717) is 31.7 Å². The van der Waals surface area contributed by atoms with Gasteiger partial charge in [-0.05, 0) is 12.1 Å².